The van der Waals surface area contributed by atoms with Gasteiger partial charge < -0.3 is 10.2 Å². The average Bonchev–Trinajstić information content (AvgIpc) is 3.05. The first-order valence-electron chi connectivity index (χ1n) is 12.5. The highest BCUT2D eigenvalue weighted by molar-refractivity contribution is 9.10. The van der Waals surface area contributed by atoms with Crippen LogP contribution >= 0.6 is 15.9 Å². The third-order valence-corrected chi connectivity index (χ3v) is 7.14. The Morgan fingerprint density at radius 1 is 0.974 bits per heavy atom. The molecule has 0 amide bonds. The number of carboxylic acid groups (broad SMARTS) is 2. The van der Waals surface area contributed by atoms with Crippen LogP contribution in [0, 0.1) is 6.92 Å². The van der Waals surface area contributed by atoms with Crippen molar-refractivity contribution in [2.24, 2.45) is 0 Å². The second-order valence-electron chi connectivity index (χ2n) is 9.45. The standard InChI is InChI=1S/C26H26BrN3.C4H4O4/c1-18-13-19(16-28-15-18)17-30-11-8-20(9-12-30)25-24-7-6-23(27)14-22(24)5-4-21-3-2-10-29-26(21)25;5-3(6)1-2-4(7)8/h2-3,6-7,10,13-16H,4-5,8-9,11-12,17H2,1H3;1-2H,(H,5,6)(H,7,8)/b;2-1+. The van der Waals surface area contributed by atoms with Gasteiger partial charge in [-0.1, -0.05) is 39.7 Å². The smallest absolute Gasteiger partial charge is 0.328 e. The molecule has 0 spiro atoms. The van der Waals surface area contributed by atoms with Crippen molar-refractivity contribution >= 4 is 33.4 Å². The van der Waals surface area contributed by atoms with Gasteiger partial charge in [0, 0.05) is 60.4 Å². The van der Waals surface area contributed by atoms with Crippen LogP contribution in [0.2, 0.25) is 0 Å². The van der Waals surface area contributed by atoms with Gasteiger partial charge in [-0.05, 0) is 78.6 Å². The van der Waals surface area contributed by atoms with Crippen LogP contribution < -0.4 is 0 Å². The maximum Gasteiger partial charge on any atom is 0.328 e. The van der Waals surface area contributed by atoms with Crippen molar-refractivity contribution in [1.29, 1.82) is 0 Å². The molecule has 38 heavy (non-hydrogen) atoms. The van der Waals surface area contributed by atoms with Gasteiger partial charge in [-0.25, -0.2) is 9.59 Å². The molecule has 1 aromatic carbocycles. The number of carboxylic acids is 2. The van der Waals surface area contributed by atoms with Gasteiger partial charge in [0.25, 0.3) is 0 Å². The van der Waals surface area contributed by atoms with Crippen molar-refractivity contribution in [3.8, 4) is 0 Å². The number of halogens is 1. The molecule has 2 aliphatic rings. The average molecular weight is 576 g/mol. The normalized spacial score (nSPS) is 15.2. The first kappa shape index (κ1) is 27.4. The van der Waals surface area contributed by atoms with E-state index in [2.05, 4.69) is 69.1 Å². The first-order chi connectivity index (χ1) is 18.3. The number of fused-ring (bicyclic) bond motifs is 2. The largest absolute Gasteiger partial charge is 0.478 e. The van der Waals surface area contributed by atoms with E-state index in [1.807, 2.05) is 18.6 Å². The molecule has 5 rings (SSSR count). The van der Waals surface area contributed by atoms with E-state index in [-0.39, 0.29) is 0 Å². The highest BCUT2D eigenvalue weighted by Gasteiger charge is 2.25. The van der Waals surface area contributed by atoms with E-state index in [1.165, 1.54) is 39.1 Å². The summed E-state index contributed by atoms with van der Waals surface area (Å²) in [5.74, 6) is -2.51. The zero-order valence-corrected chi connectivity index (χ0v) is 22.8. The maximum absolute atomic E-state index is 9.55. The van der Waals surface area contributed by atoms with Crippen LogP contribution in [0.1, 0.15) is 46.4 Å². The van der Waals surface area contributed by atoms with Gasteiger partial charge >= 0.3 is 11.9 Å². The predicted molar refractivity (Wildman–Crippen MR) is 150 cm³/mol. The minimum atomic E-state index is -1.26. The van der Waals surface area contributed by atoms with Gasteiger partial charge in [0.15, 0.2) is 0 Å². The zero-order chi connectivity index (χ0) is 27.1. The van der Waals surface area contributed by atoms with Gasteiger partial charge in [-0.3, -0.25) is 14.9 Å². The minimum Gasteiger partial charge on any atom is -0.478 e. The van der Waals surface area contributed by atoms with Gasteiger partial charge in [0.1, 0.15) is 0 Å². The molecule has 8 heteroatoms. The lowest BCUT2D eigenvalue weighted by Gasteiger charge is -2.30. The summed E-state index contributed by atoms with van der Waals surface area (Å²) in [7, 11) is 0. The van der Waals surface area contributed by atoms with E-state index < -0.39 is 11.9 Å². The third kappa shape index (κ3) is 7.24. The second kappa shape index (κ2) is 12.8. The SMILES string of the molecule is Cc1cncc(CN2CCC(=C3c4ccc(Br)cc4CCc4cccnc43)CC2)c1.O=C(O)/C=C/C(=O)O. The Labute approximate surface area is 230 Å². The van der Waals surface area contributed by atoms with Crippen LogP contribution in [0.4, 0.5) is 0 Å². The molecule has 196 valence electrons. The Kier molecular flexibility index (Phi) is 9.20. The molecule has 0 bridgehead atoms. The van der Waals surface area contributed by atoms with Crippen LogP contribution in [0.5, 0.6) is 0 Å². The van der Waals surface area contributed by atoms with E-state index >= 15 is 0 Å². The first-order valence-corrected chi connectivity index (χ1v) is 13.3. The lowest BCUT2D eigenvalue weighted by Crippen LogP contribution is -2.30. The highest BCUT2D eigenvalue weighted by Crippen LogP contribution is 2.38. The van der Waals surface area contributed by atoms with Crippen LogP contribution in [0.3, 0.4) is 0 Å². The van der Waals surface area contributed by atoms with E-state index in [4.69, 9.17) is 15.2 Å². The number of benzene rings is 1. The van der Waals surface area contributed by atoms with Crippen LogP contribution in [-0.2, 0) is 29.0 Å². The molecule has 1 fully saturated rings. The molecular weight excluding hydrogens is 546 g/mol. The van der Waals surface area contributed by atoms with E-state index in [9.17, 15) is 9.59 Å². The molecule has 0 unspecified atom stereocenters. The Morgan fingerprint density at radius 3 is 2.37 bits per heavy atom. The molecule has 0 radical (unpaired) electrons. The molecule has 1 aliphatic heterocycles. The van der Waals surface area contributed by atoms with Crippen LogP contribution in [0.15, 0.2) is 77.2 Å². The summed E-state index contributed by atoms with van der Waals surface area (Å²) in [5.41, 5.74) is 10.9. The summed E-state index contributed by atoms with van der Waals surface area (Å²) >= 11 is 3.67. The predicted octanol–water partition coefficient (Wildman–Crippen LogP) is 5.46. The summed E-state index contributed by atoms with van der Waals surface area (Å²) in [6.45, 7) is 5.26. The quantitative estimate of drug-likeness (QED) is 0.398. The number of piperidine rings is 1. The van der Waals surface area contributed by atoms with Crippen molar-refractivity contribution in [3.63, 3.8) is 0 Å². The number of likely N-dealkylation sites (tertiary alicyclic amines) is 1. The minimum absolute atomic E-state index is 0.558. The highest BCUT2D eigenvalue weighted by atomic mass is 79.9. The van der Waals surface area contributed by atoms with Gasteiger partial charge in [-0.2, -0.15) is 0 Å². The van der Waals surface area contributed by atoms with Gasteiger partial charge in [0.2, 0.25) is 0 Å². The summed E-state index contributed by atoms with van der Waals surface area (Å²) in [5, 5.41) is 15.6. The van der Waals surface area contributed by atoms with Gasteiger partial charge in [0.05, 0.1) is 5.69 Å². The fraction of sp³-hybridized carbons (Fsp3) is 0.267. The lowest BCUT2D eigenvalue weighted by molar-refractivity contribution is -0.134. The maximum atomic E-state index is 9.55. The Balaban J connectivity index is 0.000000368. The molecule has 7 nitrogen and oxygen atoms in total. The summed E-state index contributed by atoms with van der Waals surface area (Å²) in [4.78, 5) is 30.9. The van der Waals surface area contributed by atoms with E-state index in [0.717, 1.165) is 49.8 Å². The second-order valence-corrected chi connectivity index (χ2v) is 10.4. The summed E-state index contributed by atoms with van der Waals surface area (Å²) < 4.78 is 1.16. The number of aromatic nitrogens is 2. The zero-order valence-electron chi connectivity index (χ0n) is 21.2. The Morgan fingerprint density at radius 2 is 1.68 bits per heavy atom. The number of aliphatic carboxylic acids is 2. The molecule has 2 N–H and O–H groups in total. The number of aryl methyl sites for hydroxylation is 3. The Bertz CT molecular complexity index is 1370. The van der Waals surface area contributed by atoms with Crippen molar-refractivity contribution in [1.82, 2.24) is 14.9 Å². The van der Waals surface area contributed by atoms with Gasteiger partial charge in [-0.15, -0.1) is 0 Å². The number of nitrogens with zero attached hydrogens (tertiary/aromatic N) is 3. The molecule has 3 heterocycles. The molecule has 1 aliphatic carbocycles. The van der Waals surface area contributed by atoms with E-state index in [0.29, 0.717) is 12.2 Å². The summed E-state index contributed by atoms with van der Waals surface area (Å²) in [6, 6.07) is 13.3. The molecule has 2 aromatic heterocycles. The number of pyridine rings is 2. The number of hydrogen-bond donors (Lipinski definition) is 2. The van der Waals surface area contributed by atoms with Crippen molar-refractivity contribution in [3.05, 3.63) is 111 Å². The fourth-order valence-corrected chi connectivity index (χ4v) is 5.38. The lowest BCUT2D eigenvalue weighted by atomic mass is 9.88. The molecular formula is C30H30BrN3O4. The van der Waals surface area contributed by atoms with Crippen molar-refractivity contribution < 1.29 is 19.8 Å². The number of hydrogen-bond acceptors (Lipinski definition) is 5. The molecule has 1 saturated heterocycles. The summed E-state index contributed by atoms with van der Waals surface area (Å²) in [6.07, 6.45) is 11.3. The van der Waals surface area contributed by atoms with Crippen LogP contribution in [-0.4, -0.2) is 50.1 Å². The Hall–Kier alpha value is -3.62. The van der Waals surface area contributed by atoms with Crippen molar-refractivity contribution in [2.75, 3.05) is 13.1 Å². The molecule has 0 atom stereocenters. The molecule has 3 aromatic rings. The van der Waals surface area contributed by atoms with E-state index in [1.54, 1.807) is 5.57 Å². The third-order valence-electron chi connectivity index (χ3n) is 6.65. The molecule has 0 saturated carbocycles. The number of rotatable bonds is 4. The van der Waals surface area contributed by atoms with Crippen LogP contribution in [0.25, 0.3) is 5.57 Å². The number of carbonyl (C=O) groups is 2. The monoisotopic (exact) mass is 575 g/mol. The fourth-order valence-electron chi connectivity index (χ4n) is 4.97. The van der Waals surface area contributed by atoms with Crippen molar-refractivity contribution in [2.45, 2.75) is 39.2 Å². The topological polar surface area (TPSA) is 104 Å².